The van der Waals surface area contributed by atoms with Crippen molar-refractivity contribution in [3.05, 3.63) is 0 Å². The van der Waals surface area contributed by atoms with Gasteiger partial charge in [-0.3, -0.25) is 9.69 Å². The summed E-state index contributed by atoms with van der Waals surface area (Å²) in [5, 5.41) is 9.02. The first kappa shape index (κ1) is 14.7. The molecule has 0 amide bonds. The Morgan fingerprint density at radius 1 is 1.53 bits per heavy atom. The number of hydrogen-bond donors (Lipinski definition) is 2. The number of nitrogens with zero attached hydrogens (tertiary/aromatic N) is 1. The third kappa shape index (κ3) is 6.76. The van der Waals surface area contributed by atoms with E-state index in [4.69, 9.17) is 9.84 Å². The van der Waals surface area contributed by atoms with E-state index < -0.39 is 12.0 Å². The number of aliphatic carboxylic acids is 1. The molecule has 0 heterocycles. The van der Waals surface area contributed by atoms with Crippen LogP contribution in [-0.2, 0) is 9.53 Å². The summed E-state index contributed by atoms with van der Waals surface area (Å²) in [5.41, 5.74) is 0. The fourth-order valence-electron chi connectivity index (χ4n) is 1.35. The molecule has 1 atom stereocenters. The summed E-state index contributed by atoms with van der Waals surface area (Å²) in [4.78, 5) is 12.8. The smallest absolute Gasteiger partial charge is 0.323 e. The van der Waals surface area contributed by atoms with Crippen LogP contribution >= 0.6 is 12.6 Å². The van der Waals surface area contributed by atoms with Gasteiger partial charge in [0, 0.05) is 12.3 Å². The summed E-state index contributed by atoms with van der Waals surface area (Å²) in [6, 6.07) is -0.563. The van der Waals surface area contributed by atoms with Gasteiger partial charge in [-0.15, -0.1) is 0 Å². The summed E-state index contributed by atoms with van der Waals surface area (Å²) in [6.07, 6.45) is 0. The first-order valence-electron chi connectivity index (χ1n) is 5.10. The molecule has 0 aromatic carbocycles. The number of ether oxygens (including phenoxy) is 1. The molecule has 0 saturated heterocycles. The van der Waals surface area contributed by atoms with Crippen molar-refractivity contribution in [2.75, 3.05) is 32.6 Å². The molecular formula is C10H21NO3S. The highest BCUT2D eigenvalue weighted by atomic mass is 32.1. The van der Waals surface area contributed by atoms with E-state index in [1.165, 1.54) is 0 Å². The van der Waals surface area contributed by atoms with Crippen LogP contribution in [0.5, 0.6) is 0 Å². The minimum Gasteiger partial charge on any atom is -0.480 e. The Bertz CT molecular complexity index is 188. The van der Waals surface area contributed by atoms with Crippen molar-refractivity contribution in [3.63, 3.8) is 0 Å². The predicted molar refractivity (Wildman–Crippen MR) is 63.6 cm³/mol. The Morgan fingerprint density at radius 3 is 2.53 bits per heavy atom. The lowest BCUT2D eigenvalue weighted by Gasteiger charge is -2.25. The van der Waals surface area contributed by atoms with Crippen LogP contribution in [0.4, 0.5) is 0 Å². The number of thiol groups is 1. The van der Waals surface area contributed by atoms with Crippen molar-refractivity contribution in [3.8, 4) is 0 Å². The Hall–Kier alpha value is -0.260. The molecule has 0 aliphatic heterocycles. The van der Waals surface area contributed by atoms with E-state index >= 15 is 0 Å². The molecule has 15 heavy (non-hydrogen) atoms. The zero-order valence-corrected chi connectivity index (χ0v) is 10.5. The molecule has 0 aliphatic carbocycles. The molecule has 1 N–H and O–H groups in total. The van der Waals surface area contributed by atoms with E-state index in [9.17, 15) is 4.79 Å². The van der Waals surface area contributed by atoms with E-state index in [1.54, 1.807) is 0 Å². The fourth-order valence-corrected chi connectivity index (χ4v) is 1.48. The van der Waals surface area contributed by atoms with E-state index in [2.05, 4.69) is 26.5 Å². The molecule has 0 spiro atoms. The van der Waals surface area contributed by atoms with Gasteiger partial charge in [0.2, 0.25) is 0 Å². The molecule has 90 valence electrons. The quantitative estimate of drug-likeness (QED) is 0.486. The van der Waals surface area contributed by atoms with Gasteiger partial charge in [0.1, 0.15) is 6.04 Å². The minimum atomic E-state index is -0.836. The number of carboxylic acid groups (broad SMARTS) is 1. The lowest BCUT2D eigenvalue weighted by atomic mass is 10.2. The summed E-state index contributed by atoms with van der Waals surface area (Å²) in [6.45, 7) is 5.58. The Balaban J connectivity index is 4.07. The van der Waals surface area contributed by atoms with Crippen LogP contribution in [0.3, 0.4) is 0 Å². The monoisotopic (exact) mass is 235 g/mol. The molecule has 5 heteroatoms. The van der Waals surface area contributed by atoms with Gasteiger partial charge in [-0.2, -0.15) is 12.6 Å². The molecule has 4 nitrogen and oxygen atoms in total. The highest BCUT2D eigenvalue weighted by Gasteiger charge is 2.22. The average molecular weight is 235 g/mol. The predicted octanol–water partition coefficient (Wildman–Crippen LogP) is 0.974. The van der Waals surface area contributed by atoms with E-state index in [0.29, 0.717) is 18.3 Å². The normalized spacial score (nSPS) is 13.5. The van der Waals surface area contributed by atoms with Crippen molar-refractivity contribution in [1.29, 1.82) is 0 Å². The van der Waals surface area contributed by atoms with Crippen LogP contribution in [0.15, 0.2) is 0 Å². The first-order valence-corrected chi connectivity index (χ1v) is 5.74. The SMILES string of the molecule is CC(C)CN(C)C(COCCS)C(=O)O. The summed E-state index contributed by atoms with van der Waals surface area (Å²) in [7, 11) is 1.81. The average Bonchev–Trinajstić information content (AvgIpc) is 2.10. The van der Waals surface area contributed by atoms with Crippen LogP contribution in [-0.4, -0.2) is 54.6 Å². The van der Waals surface area contributed by atoms with Gasteiger partial charge in [-0.1, -0.05) is 13.8 Å². The molecule has 0 rings (SSSR count). The zero-order valence-electron chi connectivity index (χ0n) is 9.64. The Morgan fingerprint density at radius 2 is 2.13 bits per heavy atom. The van der Waals surface area contributed by atoms with Crippen LogP contribution in [0.25, 0.3) is 0 Å². The van der Waals surface area contributed by atoms with Gasteiger partial charge < -0.3 is 9.84 Å². The van der Waals surface area contributed by atoms with Crippen LogP contribution in [0.1, 0.15) is 13.8 Å². The van der Waals surface area contributed by atoms with Gasteiger partial charge in [0.05, 0.1) is 13.2 Å². The number of likely N-dealkylation sites (N-methyl/N-ethyl adjacent to an activating group) is 1. The minimum absolute atomic E-state index is 0.221. The van der Waals surface area contributed by atoms with E-state index in [0.717, 1.165) is 6.54 Å². The summed E-state index contributed by atoms with van der Waals surface area (Å²) >= 11 is 4.00. The van der Waals surface area contributed by atoms with E-state index in [1.807, 2.05) is 11.9 Å². The highest BCUT2D eigenvalue weighted by Crippen LogP contribution is 2.03. The maximum atomic E-state index is 11.0. The van der Waals surface area contributed by atoms with Gasteiger partial charge >= 0.3 is 5.97 Å². The van der Waals surface area contributed by atoms with Crippen molar-refractivity contribution in [1.82, 2.24) is 4.90 Å². The topological polar surface area (TPSA) is 49.8 Å². The van der Waals surface area contributed by atoms with Crippen molar-refractivity contribution < 1.29 is 14.6 Å². The van der Waals surface area contributed by atoms with Crippen molar-refractivity contribution in [2.24, 2.45) is 5.92 Å². The van der Waals surface area contributed by atoms with Gasteiger partial charge in [0.25, 0.3) is 0 Å². The second-order valence-electron chi connectivity index (χ2n) is 3.99. The molecule has 0 saturated carbocycles. The second-order valence-corrected chi connectivity index (χ2v) is 4.43. The maximum absolute atomic E-state index is 11.0. The number of hydrogen-bond acceptors (Lipinski definition) is 4. The molecule has 0 fully saturated rings. The third-order valence-corrected chi connectivity index (χ3v) is 2.16. The van der Waals surface area contributed by atoms with Gasteiger partial charge in [-0.05, 0) is 13.0 Å². The standard InChI is InChI=1S/C10H21NO3S/c1-8(2)6-11(3)9(10(12)13)7-14-4-5-15/h8-9,15H,4-7H2,1-3H3,(H,12,13). The number of rotatable bonds is 8. The lowest BCUT2D eigenvalue weighted by Crippen LogP contribution is -2.43. The largest absolute Gasteiger partial charge is 0.480 e. The van der Waals surface area contributed by atoms with Crippen LogP contribution < -0.4 is 0 Å². The van der Waals surface area contributed by atoms with Crippen molar-refractivity contribution in [2.45, 2.75) is 19.9 Å². The molecule has 0 bridgehead atoms. The summed E-state index contributed by atoms with van der Waals surface area (Å²) in [5.74, 6) is 0.222. The molecule has 0 aromatic heterocycles. The maximum Gasteiger partial charge on any atom is 0.323 e. The second kappa shape index (κ2) is 7.96. The molecule has 0 aromatic rings. The Kier molecular flexibility index (Phi) is 7.82. The third-order valence-electron chi connectivity index (χ3n) is 1.98. The highest BCUT2D eigenvalue weighted by molar-refractivity contribution is 7.80. The molecule has 0 radical (unpaired) electrons. The Labute approximate surface area is 97.0 Å². The molecule has 1 unspecified atom stereocenters. The number of carbonyl (C=O) groups is 1. The molecular weight excluding hydrogens is 214 g/mol. The first-order chi connectivity index (χ1) is 6.99. The fraction of sp³-hybridized carbons (Fsp3) is 0.900. The van der Waals surface area contributed by atoms with Gasteiger partial charge in [0.15, 0.2) is 0 Å². The molecule has 0 aliphatic rings. The van der Waals surface area contributed by atoms with Crippen LogP contribution in [0, 0.1) is 5.92 Å². The number of carboxylic acids is 1. The zero-order chi connectivity index (χ0) is 11.8. The lowest BCUT2D eigenvalue weighted by molar-refractivity contribution is -0.145. The van der Waals surface area contributed by atoms with E-state index in [-0.39, 0.29) is 6.61 Å². The summed E-state index contributed by atoms with van der Waals surface area (Å²) < 4.78 is 5.21. The van der Waals surface area contributed by atoms with Gasteiger partial charge in [-0.25, -0.2) is 0 Å². The van der Waals surface area contributed by atoms with Crippen LogP contribution in [0.2, 0.25) is 0 Å². The van der Waals surface area contributed by atoms with Crippen molar-refractivity contribution >= 4 is 18.6 Å².